The molecule has 0 aromatic carbocycles. The first-order chi connectivity index (χ1) is 13.2. The summed E-state index contributed by atoms with van der Waals surface area (Å²) in [6.45, 7) is 11.3. The lowest BCUT2D eigenvalue weighted by molar-refractivity contribution is -0.678. The van der Waals surface area contributed by atoms with Crippen LogP contribution in [0, 0.1) is 13.8 Å². The molecule has 0 aliphatic heterocycles. The molecule has 0 bridgehead atoms. The van der Waals surface area contributed by atoms with Crippen LogP contribution in [0.2, 0.25) is 0 Å². The lowest BCUT2D eigenvalue weighted by atomic mass is 10.6. The minimum absolute atomic E-state index is 0.479. The standard InChI is InChI=1S/C11H18N4.2C3H6O3S/c1-10-12(3)5-7-14(10)9-15-8-6-13(4)11(15)2;2*1-2-3-7(4,5)6/h5-8H,9H2,1-4H3;2*2H,1,3H2,(H,4,5,6)/q+2;;/p-2. The molecule has 0 aliphatic carbocycles. The molecular formula is C17H28N4O6S2. The van der Waals surface area contributed by atoms with E-state index in [4.69, 9.17) is 0 Å². The van der Waals surface area contributed by atoms with Gasteiger partial charge in [-0.1, -0.05) is 12.2 Å². The number of hydrogen-bond acceptors (Lipinski definition) is 6. The van der Waals surface area contributed by atoms with Crippen LogP contribution in [0.25, 0.3) is 0 Å². The zero-order valence-corrected chi connectivity index (χ0v) is 18.7. The molecule has 0 N–H and O–H groups in total. The molecule has 29 heavy (non-hydrogen) atoms. The van der Waals surface area contributed by atoms with Crippen molar-refractivity contribution in [1.82, 2.24) is 9.13 Å². The van der Waals surface area contributed by atoms with Gasteiger partial charge in [0.1, 0.15) is 24.8 Å². The van der Waals surface area contributed by atoms with Crippen molar-refractivity contribution in [1.29, 1.82) is 0 Å². The number of hydrogen-bond donors (Lipinski definition) is 0. The predicted molar refractivity (Wildman–Crippen MR) is 106 cm³/mol. The number of aromatic nitrogens is 4. The Morgan fingerprint density at radius 1 is 0.862 bits per heavy atom. The summed E-state index contributed by atoms with van der Waals surface area (Å²) in [5.41, 5.74) is 0. The first kappa shape index (κ1) is 26.7. The largest absolute Gasteiger partial charge is 0.748 e. The predicted octanol–water partition coefficient (Wildman–Crippen LogP) is -0.504. The fourth-order valence-corrected chi connectivity index (χ4v) is 2.53. The van der Waals surface area contributed by atoms with Gasteiger partial charge >= 0.3 is 0 Å². The van der Waals surface area contributed by atoms with Crippen LogP contribution in [0.3, 0.4) is 0 Å². The second kappa shape index (κ2) is 11.7. The lowest BCUT2D eigenvalue weighted by Crippen LogP contribution is -2.32. The molecule has 10 nitrogen and oxygen atoms in total. The maximum Gasteiger partial charge on any atom is 0.256 e. The molecule has 0 fully saturated rings. The van der Waals surface area contributed by atoms with Gasteiger partial charge in [-0.2, -0.15) is 9.13 Å². The monoisotopic (exact) mass is 448 g/mol. The van der Waals surface area contributed by atoms with Gasteiger partial charge in [0, 0.05) is 13.8 Å². The van der Waals surface area contributed by atoms with Gasteiger partial charge in [0.25, 0.3) is 11.6 Å². The summed E-state index contributed by atoms with van der Waals surface area (Å²) >= 11 is 0. The zero-order chi connectivity index (χ0) is 22.8. The first-order valence-electron chi connectivity index (χ1n) is 8.33. The Balaban J connectivity index is 0.000000473. The van der Waals surface area contributed by atoms with Crippen LogP contribution in [0.4, 0.5) is 0 Å². The summed E-state index contributed by atoms with van der Waals surface area (Å²) in [5.74, 6) is 1.55. The molecule has 0 atom stereocenters. The van der Waals surface area contributed by atoms with Crippen molar-refractivity contribution in [2.24, 2.45) is 14.1 Å². The lowest BCUT2D eigenvalue weighted by Gasteiger charge is -1.98. The Morgan fingerprint density at radius 2 is 1.17 bits per heavy atom. The molecule has 0 unspecified atom stereocenters. The molecule has 12 heteroatoms. The first-order valence-corrected chi connectivity index (χ1v) is 11.5. The number of imidazole rings is 2. The van der Waals surface area contributed by atoms with Crippen molar-refractivity contribution in [3.05, 3.63) is 61.7 Å². The zero-order valence-electron chi connectivity index (χ0n) is 17.1. The third-order valence-electron chi connectivity index (χ3n) is 3.74. The highest BCUT2D eigenvalue weighted by atomic mass is 32.2. The highest BCUT2D eigenvalue weighted by Crippen LogP contribution is 1.98. The van der Waals surface area contributed by atoms with Crippen molar-refractivity contribution in [2.45, 2.75) is 20.5 Å². The van der Waals surface area contributed by atoms with Crippen molar-refractivity contribution >= 4 is 20.2 Å². The molecule has 2 rings (SSSR count). The Kier molecular flexibility index (Phi) is 10.7. The van der Waals surface area contributed by atoms with Gasteiger partial charge in [0.2, 0.25) is 6.67 Å². The summed E-state index contributed by atoms with van der Waals surface area (Å²) < 4.78 is 66.3. The fourth-order valence-electron chi connectivity index (χ4n) is 1.95. The van der Waals surface area contributed by atoms with E-state index in [1.54, 1.807) is 0 Å². The Hall–Kier alpha value is -2.28. The molecule has 0 saturated carbocycles. The minimum Gasteiger partial charge on any atom is -0.748 e. The van der Waals surface area contributed by atoms with Crippen molar-refractivity contribution in [3.8, 4) is 0 Å². The van der Waals surface area contributed by atoms with Gasteiger partial charge in [-0.15, -0.1) is 13.2 Å². The molecule has 0 spiro atoms. The van der Waals surface area contributed by atoms with Crippen LogP contribution in [0.15, 0.2) is 50.1 Å². The second-order valence-electron chi connectivity index (χ2n) is 6.02. The van der Waals surface area contributed by atoms with Crippen LogP contribution in [-0.4, -0.2) is 46.6 Å². The molecule has 0 saturated heterocycles. The summed E-state index contributed by atoms with van der Waals surface area (Å²) in [6.07, 6.45) is 10.5. The second-order valence-corrected chi connectivity index (χ2v) is 8.92. The van der Waals surface area contributed by atoms with Crippen LogP contribution >= 0.6 is 0 Å². The molecule has 0 radical (unpaired) electrons. The van der Waals surface area contributed by atoms with Crippen molar-refractivity contribution in [3.63, 3.8) is 0 Å². The molecule has 0 amide bonds. The van der Waals surface area contributed by atoms with E-state index in [0.29, 0.717) is 0 Å². The van der Waals surface area contributed by atoms with Gasteiger partial charge in [0.05, 0.1) is 45.8 Å². The van der Waals surface area contributed by atoms with Crippen LogP contribution in [-0.2, 0) is 41.0 Å². The fraction of sp³-hybridized carbons (Fsp3) is 0.412. The topological polar surface area (TPSA) is 132 Å². The Morgan fingerprint density at radius 3 is 1.31 bits per heavy atom. The highest BCUT2D eigenvalue weighted by molar-refractivity contribution is 7.86. The Bertz CT molecular complexity index is 938. The summed E-state index contributed by atoms with van der Waals surface area (Å²) in [7, 11) is -3.96. The molecule has 2 heterocycles. The van der Waals surface area contributed by atoms with E-state index >= 15 is 0 Å². The van der Waals surface area contributed by atoms with Gasteiger partial charge < -0.3 is 9.11 Å². The van der Waals surface area contributed by atoms with E-state index in [9.17, 15) is 25.9 Å². The number of aryl methyl sites for hydroxylation is 2. The third kappa shape index (κ3) is 11.3. The quantitative estimate of drug-likeness (QED) is 0.332. The maximum atomic E-state index is 9.60. The van der Waals surface area contributed by atoms with E-state index < -0.39 is 31.7 Å². The van der Waals surface area contributed by atoms with Gasteiger partial charge in [0.15, 0.2) is 0 Å². The SMILES string of the molecule is C=CCS(=O)(=O)[O-].C=CCS(=O)(=O)[O-].Cc1n(Cn2cc[n+](C)c2C)cc[n+]1C. The number of rotatable bonds is 6. The van der Waals surface area contributed by atoms with E-state index in [-0.39, 0.29) is 0 Å². The van der Waals surface area contributed by atoms with E-state index in [1.807, 2.05) is 0 Å². The third-order valence-corrected chi connectivity index (χ3v) is 5.03. The Labute approximate surface area is 172 Å². The average molecular weight is 449 g/mol. The molecule has 164 valence electrons. The van der Waals surface area contributed by atoms with Gasteiger partial charge in [-0.25, -0.2) is 26.0 Å². The minimum atomic E-state index is -4.04. The molecule has 0 aliphatic rings. The van der Waals surface area contributed by atoms with Gasteiger partial charge in [-0.05, 0) is 0 Å². The molecule has 2 aromatic heterocycles. The molecular weight excluding hydrogens is 420 g/mol. The highest BCUT2D eigenvalue weighted by Gasteiger charge is 2.14. The summed E-state index contributed by atoms with van der Waals surface area (Å²) in [6, 6.07) is 0. The smallest absolute Gasteiger partial charge is 0.256 e. The van der Waals surface area contributed by atoms with Crippen LogP contribution in [0.1, 0.15) is 11.6 Å². The maximum absolute atomic E-state index is 9.60. The van der Waals surface area contributed by atoms with Crippen molar-refractivity contribution in [2.75, 3.05) is 11.5 Å². The van der Waals surface area contributed by atoms with E-state index in [0.717, 1.165) is 18.8 Å². The molecule has 2 aromatic rings. The normalized spacial score (nSPS) is 11.0. The van der Waals surface area contributed by atoms with Crippen LogP contribution < -0.4 is 9.13 Å². The van der Waals surface area contributed by atoms with Gasteiger partial charge in [-0.3, -0.25) is 0 Å². The number of nitrogens with zero attached hydrogens (tertiary/aromatic N) is 4. The van der Waals surface area contributed by atoms with Crippen molar-refractivity contribution < 1.29 is 35.1 Å². The summed E-state index contributed by atoms with van der Waals surface area (Å²) in [5, 5.41) is 0. The van der Waals surface area contributed by atoms with E-state index in [1.165, 1.54) is 11.6 Å². The van der Waals surface area contributed by atoms with E-state index in [2.05, 4.69) is 84.2 Å². The average Bonchev–Trinajstić information content (AvgIpc) is 3.04. The van der Waals surface area contributed by atoms with Crippen LogP contribution in [0.5, 0.6) is 0 Å². The summed E-state index contributed by atoms with van der Waals surface area (Å²) in [4.78, 5) is 0.